The Bertz CT molecular complexity index is 287. The van der Waals surface area contributed by atoms with Gasteiger partial charge in [0.25, 0.3) is 5.78 Å². The second kappa shape index (κ2) is 3.38. The number of carboxylic acid groups (broad SMARTS) is 2. The van der Waals surface area contributed by atoms with E-state index in [1.165, 1.54) is 13.8 Å². The van der Waals surface area contributed by atoms with Crippen molar-refractivity contribution < 1.29 is 24.6 Å². The Morgan fingerprint density at radius 2 is 1.54 bits per heavy atom. The third-order valence-electron chi connectivity index (χ3n) is 1.76. The third-order valence-corrected chi connectivity index (χ3v) is 1.76. The number of carbonyl (C=O) groups excluding carboxylic acids is 1. The van der Waals surface area contributed by atoms with Gasteiger partial charge in [-0.1, -0.05) is 6.58 Å². The predicted octanol–water partition coefficient (Wildman–Crippen LogP) is 0.307. The molecule has 0 aliphatic heterocycles. The summed E-state index contributed by atoms with van der Waals surface area (Å²) in [4.78, 5) is 31.6. The Balaban J connectivity index is 4.91. The molecule has 0 aromatic rings. The molecule has 0 aliphatic rings. The lowest BCUT2D eigenvalue weighted by Gasteiger charge is -2.19. The van der Waals surface area contributed by atoms with Crippen LogP contribution in [0.25, 0.3) is 0 Å². The van der Waals surface area contributed by atoms with Crippen LogP contribution in [0.1, 0.15) is 13.8 Å². The first-order chi connectivity index (χ1) is 5.71. The number of aliphatic carboxylic acids is 2. The monoisotopic (exact) mass is 186 g/mol. The zero-order valence-electron chi connectivity index (χ0n) is 7.33. The zero-order valence-corrected chi connectivity index (χ0v) is 7.33. The van der Waals surface area contributed by atoms with Gasteiger partial charge >= 0.3 is 11.9 Å². The van der Waals surface area contributed by atoms with Crippen LogP contribution in [0, 0.1) is 5.41 Å². The van der Waals surface area contributed by atoms with E-state index in [4.69, 9.17) is 10.2 Å². The van der Waals surface area contributed by atoms with Crippen molar-refractivity contribution in [2.45, 2.75) is 13.8 Å². The number of carbonyl (C=O) groups is 3. The topological polar surface area (TPSA) is 91.7 Å². The molecule has 0 spiro atoms. The van der Waals surface area contributed by atoms with Crippen LogP contribution in [0.15, 0.2) is 12.2 Å². The molecule has 0 bridgehead atoms. The van der Waals surface area contributed by atoms with E-state index in [1.807, 2.05) is 0 Å². The van der Waals surface area contributed by atoms with Crippen molar-refractivity contribution in [3.63, 3.8) is 0 Å². The molecule has 5 heteroatoms. The Hall–Kier alpha value is -1.65. The van der Waals surface area contributed by atoms with Crippen LogP contribution in [0.3, 0.4) is 0 Å². The van der Waals surface area contributed by atoms with Crippen molar-refractivity contribution in [1.82, 2.24) is 0 Å². The number of carboxylic acids is 2. The van der Waals surface area contributed by atoms with Crippen LogP contribution < -0.4 is 0 Å². The van der Waals surface area contributed by atoms with Crippen molar-refractivity contribution in [2.24, 2.45) is 5.41 Å². The zero-order chi connectivity index (χ0) is 10.8. The highest BCUT2D eigenvalue weighted by Crippen LogP contribution is 2.25. The summed E-state index contributed by atoms with van der Waals surface area (Å²) in [5.74, 6) is -4.25. The minimum Gasteiger partial charge on any atom is -0.481 e. The minimum absolute atomic E-state index is 0.437. The van der Waals surface area contributed by atoms with E-state index in [0.717, 1.165) is 0 Å². The Kier molecular flexibility index (Phi) is 2.96. The van der Waals surface area contributed by atoms with E-state index in [9.17, 15) is 14.4 Å². The van der Waals surface area contributed by atoms with Crippen molar-refractivity contribution in [3.8, 4) is 0 Å². The standard InChI is InChI=1S/C8H10O5/c1-4(5(9)6(10)11)8(2,3)7(12)13/h1H2,2-3H3,(H,10,11)(H,12,13). The highest BCUT2D eigenvalue weighted by Gasteiger charge is 2.36. The van der Waals surface area contributed by atoms with Crippen LogP contribution in [0.4, 0.5) is 0 Å². The van der Waals surface area contributed by atoms with Gasteiger partial charge in [0.1, 0.15) is 0 Å². The number of Topliss-reactive ketones (excluding diaryl/α,β-unsaturated/α-hetero) is 1. The summed E-state index contributed by atoms with van der Waals surface area (Å²) >= 11 is 0. The molecule has 0 radical (unpaired) electrons. The SMILES string of the molecule is C=C(C(=O)C(=O)O)C(C)(C)C(=O)O. The molecule has 72 valence electrons. The summed E-state index contributed by atoms with van der Waals surface area (Å²) in [7, 11) is 0. The molecule has 0 aromatic heterocycles. The van der Waals surface area contributed by atoms with Crippen LogP contribution in [0.2, 0.25) is 0 Å². The Morgan fingerprint density at radius 1 is 1.15 bits per heavy atom. The maximum atomic E-state index is 10.8. The lowest BCUT2D eigenvalue weighted by atomic mass is 9.83. The number of hydrogen-bond acceptors (Lipinski definition) is 3. The molecule has 0 saturated carbocycles. The second-order valence-electron chi connectivity index (χ2n) is 3.04. The van der Waals surface area contributed by atoms with Crippen LogP contribution in [-0.4, -0.2) is 27.9 Å². The van der Waals surface area contributed by atoms with Crippen LogP contribution >= 0.6 is 0 Å². The van der Waals surface area contributed by atoms with Crippen molar-refractivity contribution in [2.75, 3.05) is 0 Å². The number of ketones is 1. The van der Waals surface area contributed by atoms with Gasteiger partial charge in [0.2, 0.25) is 0 Å². The Morgan fingerprint density at radius 3 is 1.77 bits per heavy atom. The molecule has 0 rings (SSSR count). The van der Waals surface area contributed by atoms with E-state index < -0.39 is 28.7 Å². The molecule has 5 nitrogen and oxygen atoms in total. The maximum Gasteiger partial charge on any atom is 0.376 e. The molecule has 0 aliphatic carbocycles. The molecule has 13 heavy (non-hydrogen) atoms. The van der Waals surface area contributed by atoms with Gasteiger partial charge in [-0.05, 0) is 13.8 Å². The summed E-state index contributed by atoms with van der Waals surface area (Å²) in [6, 6.07) is 0. The number of rotatable bonds is 4. The fourth-order valence-corrected chi connectivity index (χ4v) is 0.542. The molecule has 0 aromatic carbocycles. The van der Waals surface area contributed by atoms with Gasteiger partial charge < -0.3 is 10.2 Å². The average Bonchev–Trinajstić information content (AvgIpc) is 2.01. The maximum absolute atomic E-state index is 10.8. The summed E-state index contributed by atoms with van der Waals surface area (Å²) < 4.78 is 0. The molecule has 2 N–H and O–H groups in total. The molecule has 0 saturated heterocycles. The van der Waals surface area contributed by atoms with Crippen molar-refractivity contribution in [3.05, 3.63) is 12.2 Å². The van der Waals surface area contributed by atoms with Gasteiger partial charge in [0.15, 0.2) is 0 Å². The first-order valence-corrected chi connectivity index (χ1v) is 3.41. The highest BCUT2D eigenvalue weighted by molar-refractivity contribution is 6.40. The molecule has 0 amide bonds. The third kappa shape index (κ3) is 2.14. The van der Waals surface area contributed by atoms with E-state index in [2.05, 4.69) is 6.58 Å². The first kappa shape index (κ1) is 11.4. The molecule has 0 heterocycles. The number of hydrogen-bond donors (Lipinski definition) is 2. The van der Waals surface area contributed by atoms with Gasteiger partial charge in [-0.3, -0.25) is 9.59 Å². The molecule has 0 atom stereocenters. The first-order valence-electron chi connectivity index (χ1n) is 3.41. The molecule has 0 fully saturated rings. The van der Waals surface area contributed by atoms with Gasteiger partial charge in [-0.2, -0.15) is 0 Å². The molecule has 0 unspecified atom stereocenters. The summed E-state index contributed by atoms with van der Waals surface area (Å²) in [6.07, 6.45) is 0. The van der Waals surface area contributed by atoms with Crippen LogP contribution in [-0.2, 0) is 14.4 Å². The molecular weight excluding hydrogens is 176 g/mol. The van der Waals surface area contributed by atoms with Gasteiger partial charge in [-0.15, -0.1) is 0 Å². The summed E-state index contributed by atoms with van der Waals surface area (Å²) in [5.41, 5.74) is -1.98. The average molecular weight is 186 g/mol. The second-order valence-corrected chi connectivity index (χ2v) is 3.04. The minimum atomic E-state index is -1.70. The summed E-state index contributed by atoms with van der Waals surface area (Å²) in [6.45, 7) is 5.60. The van der Waals surface area contributed by atoms with E-state index in [1.54, 1.807) is 0 Å². The Labute approximate surface area is 74.7 Å². The van der Waals surface area contributed by atoms with E-state index in [0.29, 0.717) is 0 Å². The smallest absolute Gasteiger partial charge is 0.376 e. The normalized spacial score (nSPS) is 10.6. The van der Waals surface area contributed by atoms with Crippen molar-refractivity contribution >= 4 is 17.7 Å². The largest absolute Gasteiger partial charge is 0.481 e. The summed E-state index contributed by atoms with van der Waals surface area (Å²) in [5, 5.41) is 16.9. The van der Waals surface area contributed by atoms with Gasteiger partial charge in [0.05, 0.1) is 5.41 Å². The van der Waals surface area contributed by atoms with Crippen molar-refractivity contribution in [1.29, 1.82) is 0 Å². The van der Waals surface area contributed by atoms with E-state index in [-0.39, 0.29) is 0 Å². The van der Waals surface area contributed by atoms with Gasteiger partial charge in [0, 0.05) is 5.57 Å². The molecular formula is C8H10O5. The lowest BCUT2D eigenvalue weighted by Crippen LogP contribution is -2.32. The van der Waals surface area contributed by atoms with Gasteiger partial charge in [-0.25, -0.2) is 4.79 Å². The van der Waals surface area contributed by atoms with E-state index >= 15 is 0 Å². The fraction of sp³-hybridized carbons (Fsp3) is 0.375. The highest BCUT2D eigenvalue weighted by atomic mass is 16.4. The lowest BCUT2D eigenvalue weighted by molar-refractivity contribution is -0.150. The predicted molar refractivity (Wildman–Crippen MR) is 43.2 cm³/mol. The quantitative estimate of drug-likeness (QED) is 0.486. The van der Waals surface area contributed by atoms with Crippen LogP contribution in [0.5, 0.6) is 0 Å². The fourth-order valence-electron chi connectivity index (χ4n) is 0.542.